The third kappa shape index (κ3) is 3.96. The summed E-state index contributed by atoms with van der Waals surface area (Å²) in [6.45, 7) is 6.77. The average Bonchev–Trinajstić information content (AvgIpc) is 3.35. The maximum absolute atomic E-state index is 12.9. The summed E-state index contributed by atoms with van der Waals surface area (Å²) in [5.41, 5.74) is 4.14. The topological polar surface area (TPSA) is 100 Å². The third-order valence-electron chi connectivity index (χ3n) is 5.22. The number of nitrogens with zero attached hydrogens (tertiary/aromatic N) is 5. The maximum Gasteiger partial charge on any atom is 0.410 e. The van der Waals surface area contributed by atoms with E-state index in [0.717, 1.165) is 16.8 Å². The van der Waals surface area contributed by atoms with Gasteiger partial charge in [0.25, 0.3) is 0 Å². The summed E-state index contributed by atoms with van der Waals surface area (Å²) in [5, 5.41) is 8.83. The molecule has 0 bridgehead atoms. The molecular formula is C21H24N6O3. The van der Waals surface area contributed by atoms with Gasteiger partial charge in [-0.3, -0.25) is 14.9 Å². The van der Waals surface area contributed by atoms with Crippen LogP contribution < -0.4 is 5.32 Å². The van der Waals surface area contributed by atoms with Crippen molar-refractivity contribution in [2.24, 2.45) is 5.10 Å². The highest BCUT2D eigenvalue weighted by Gasteiger charge is 2.40. The maximum atomic E-state index is 12.9. The highest BCUT2D eigenvalue weighted by atomic mass is 16.6. The number of amides is 3. The molecule has 1 N–H and O–H groups in total. The van der Waals surface area contributed by atoms with Crippen LogP contribution in [0.4, 0.5) is 9.59 Å². The molecule has 9 heteroatoms. The highest BCUT2D eigenvalue weighted by Crippen LogP contribution is 2.23. The Morgan fingerprint density at radius 1 is 1.20 bits per heavy atom. The molecule has 1 aromatic heterocycles. The standard InChI is InChI=1S/C21H24N6O3/c1-13-4-6-16(7-5-13)19-18(26-8-9-30-21(26)29)12-27(25-19)20(28)24-15(3)17-11-22-14(2)10-23-17/h4-7,10-11,15,18H,8-9,12H2,1-3H3,(H,24,28)/t15?,18-/m0/s1. The minimum absolute atomic E-state index is 0.260. The van der Waals surface area contributed by atoms with Crippen LogP contribution in [0, 0.1) is 13.8 Å². The van der Waals surface area contributed by atoms with Gasteiger partial charge >= 0.3 is 12.1 Å². The Kier molecular flexibility index (Phi) is 5.35. The van der Waals surface area contributed by atoms with Crippen molar-refractivity contribution in [2.75, 3.05) is 19.7 Å². The smallest absolute Gasteiger partial charge is 0.410 e. The molecule has 9 nitrogen and oxygen atoms in total. The Morgan fingerprint density at radius 2 is 1.97 bits per heavy atom. The lowest BCUT2D eigenvalue weighted by Crippen LogP contribution is -2.46. The van der Waals surface area contributed by atoms with Crippen LogP contribution in [-0.2, 0) is 4.74 Å². The van der Waals surface area contributed by atoms with Crippen molar-refractivity contribution < 1.29 is 14.3 Å². The van der Waals surface area contributed by atoms with E-state index in [9.17, 15) is 9.59 Å². The number of aryl methyl sites for hydroxylation is 2. The number of carbonyl (C=O) groups is 2. The summed E-state index contributed by atoms with van der Waals surface area (Å²) in [5.74, 6) is 0. The molecule has 1 saturated heterocycles. The first-order valence-electron chi connectivity index (χ1n) is 9.88. The van der Waals surface area contributed by atoms with E-state index in [4.69, 9.17) is 4.74 Å². The van der Waals surface area contributed by atoms with Crippen LogP contribution in [0.5, 0.6) is 0 Å². The van der Waals surface area contributed by atoms with Gasteiger partial charge in [-0.1, -0.05) is 29.8 Å². The molecule has 2 aliphatic rings. The summed E-state index contributed by atoms with van der Waals surface area (Å²) in [6.07, 6.45) is 2.93. The number of ether oxygens (including phenoxy) is 1. The van der Waals surface area contributed by atoms with Gasteiger partial charge in [0.15, 0.2) is 0 Å². The average molecular weight is 408 g/mol. The summed E-state index contributed by atoms with van der Waals surface area (Å²) in [4.78, 5) is 35.2. The third-order valence-corrected chi connectivity index (χ3v) is 5.22. The molecule has 2 atom stereocenters. The zero-order valence-electron chi connectivity index (χ0n) is 17.2. The second-order valence-corrected chi connectivity index (χ2v) is 7.51. The molecule has 3 amide bonds. The number of benzene rings is 1. The monoisotopic (exact) mass is 408 g/mol. The van der Waals surface area contributed by atoms with Gasteiger partial charge in [-0.25, -0.2) is 14.6 Å². The predicted molar refractivity (Wildman–Crippen MR) is 110 cm³/mol. The van der Waals surface area contributed by atoms with Crippen molar-refractivity contribution in [3.8, 4) is 0 Å². The predicted octanol–water partition coefficient (Wildman–Crippen LogP) is 2.40. The van der Waals surface area contributed by atoms with E-state index in [1.807, 2.05) is 45.0 Å². The van der Waals surface area contributed by atoms with Crippen molar-refractivity contribution in [3.63, 3.8) is 0 Å². The SMILES string of the molecule is Cc1ccc(C2=NN(C(=O)NC(C)c3cnc(C)cn3)C[C@@H]2N2CCOC2=O)cc1. The van der Waals surface area contributed by atoms with E-state index in [2.05, 4.69) is 20.4 Å². The first kappa shape index (κ1) is 19.8. The van der Waals surface area contributed by atoms with Crippen LogP contribution in [0.3, 0.4) is 0 Å². The Bertz CT molecular complexity index is 973. The van der Waals surface area contributed by atoms with E-state index in [1.165, 1.54) is 5.01 Å². The summed E-state index contributed by atoms with van der Waals surface area (Å²) in [6, 6.07) is 6.82. The van der Waals surface area contributed by atoms with E-state index in [-0.39, 0.29) is 30.8 Å². The number of nitrogens with one attached hydrogen (secondary N) is 1. The lowest BCUT2D eigenvalue weighted by Gasteiger charge is -2.23. The molecule has 30 heavy (non-hydrogen) atoms. The van der Waals surface area contributed by atoms with Gasteiger partial charge in [0.1, 0.15) is 6.61 Å². The molecule has 3 heterocycles. The minimum atomic E-state index is -0.384. The summed E-state index contributed by atoms with van der Waals surface area (Å²) in [7, 11) is 0. The Balaban J connectivity index is 1.55. The Morgan fingerprint density at radius 3 is 2.60 bits per heavy atom. The van der Waals surface area contributed by atoms with Gasteiger partial charge in [-0.15, -0.1) is 0 Å². The second kappa shape index (κ2) is 8.10. The van der Waals surface area contributed by atoms with Crippen LogP contribution in [0.15, 0.2) is 41.8 Å². The zero-order chi connectivity index (χ0) is 21.3. The molecule has 156 valence electrons. The van der Waals surface area contributed by atoms with Crippen molar-refractivity contribution in [1.29, 1.82) is 0 Å². The molecule has 4 rings (SSSR count). The number of hydrogen-bond acceptors (Lipinski definition) is 6. The van der Waals surface area contributed by atoms with Crippen molar-refractivity contribution >= 4 is 17.8 Å². The Hall–Kier alpha value is -3.49. The molecule has 0 spiro atoms. The molecule has 0 aliphatic carbocycles. The van der Waals surface area contributed by atoms with Crippen molar-refractivity contribution in [2.45, 2.75) is 32.9 Å². The lowest BCUT2D eigenvalue weighted by atomic mass is 10.0. The molecule has 2 aliphatic heterocycles. The van der Waals surface area contributed by atoms with Gasteiger partial charge < -0.3 is 10.1 Å². The summed E-state index contributed by atoms with van der Waals surface area (Å²) >= 11 is 0. The van der Waals surface area contributed by atoms with Crippen molar-refractivity contribution in [3.05, 3.63) is 59.2 Å². The molecule has 1 aromatic carbocycles. The molecule has 0 radical (unpaired) electrons. The number of carbonyl (C=O) groups excluding carboxylic acids is 2. The number of urea groups is 1. The normalized spacial score (nSPS) is 19.5. The minimum Gasteiger partial charge on any atom is -0.448 e. The number of hydrogen-bond donors (Lipinski definition) is 1. The Labute approximate surface area is 174 Å². The van der Waals surface area contributed by atoms with Crippen LogP contribution in [0.2, 0.25) is 0 Å². The fourth-order valence-electron chi connectivity index (χ4n) is 3.49. The fraction of sp³-hybridized carbons (Fsp3) is 0.381. The van der Waals surface area contributed by atoms with E-state index in [1.54, 1.807) is 17.3 Å². The zero-order valence-corrected chi connectivity index (χ0v) is 17.2. The van der Waals surface area contributed by atoms with Crippen LogP contribution in [0.25, 0.3) is 0 Å². The van der Waals surface area contributed by atoms with Crippen LogP contribution in [-0.4, -0.2) is 63.5 Å². The summed E-state index contributed by atoms with van der Waals surface area (Å²) < 4.78 is 5.11. The van der Waals surface area contributed by atoms with Gasteiger partial charge in [0.2, 0.25) is 0 Å². The molecular weight excluding hydrogens is 384 g/mol. The number of hydrazone groups is 1. The van der Waals surface area contributed by atoms with E-state index >= 15 is 0 Å². The fourth-order valence-corrected chi connectivity index (χ4v) is 3.49. The van der Waals surface area contributed by atoms with E-state index in [0.29, 0.717) is 24.6 Å². The largest absolute Gasteiger partial charge is 0.448 e. The first-order chi connectivity index (χ1) is 14.4. The molecule has 2 aromatic rings. The first-order valence-corrected chi connectivity index (χ1v) is 9.88. The van der Waals surface area contributed by atoms with Crippen LogP contribution in [0.1, 0.15) is 35.5 Å². The number of aromatic nitrogens is 2. The van der Waals surface area contributed by atoms with Gasteiger partial charge in [-0.05, 0) is 26.3 Å². The van der Waals surface area contributed by atoms with Crippen LogP contribution >= 0.6 is 0 Å². The lowest BCUT2D eigenvalue weighted by molar-refractivity contribution is 0.150. The second-order valence-electron chi connectivity index (χ2n) is 7.51. The number of rotatable bonds is 4. The molecule has 1 fully saturated rings. The van der Waals surface area contributed by atoms with Gasteiger partial charge in [-0.2, -0.15) is 5.10 Å². The van der Waals surface area contributed by atoms with Crippen molar-refractivity contribution in [1.82, 2.24) is 25.2 Å². The van der Waals surface area contributed by atoms with E-state index < -0.39 is 0 Å². The highest BCUT2D eigenvalue weighted by molar-refractivity contribution is 6.07. The van der Waals surface area contributed by atoms with Gasteiger partial charge in [0.05, 0.1) is 48.5 Å². The van der Waals surface area contributed by atoms with Gasteiger partial charge in [0, 0.05) is 6.20 Å². The molecule has 0 saturated carbocycles. The molecule has 1 unspecified atom stereocenters. The quantitative estimate of drug-likeness (QED) is 0.837. The number of cyclic esters (lactones) is 1.